The van der Waals surface area contributed by atoms with Crippen LogP contribution in [-0.2, 0) is 0 Å². The number of halogens is 1. The van der Waals surface area contributed by atoms with Gasteiger partial charge in [-0.2, -0.15) is 0 Å². The molecule has 0 amide bonds. The fraction of sp³-hybridized carbons (Fsp3) is 0. The number of benzene rings is 1. The lowest BCUT2D eigenvalue weighted by atomic mass is 10.1. The van der Waals surface area contributed by atoms with E-state index in [0.29, 0.717) is 5.56 Å². The lowest BCUT2D eigenvalue weighted by Gasteiger charge is -1.96. The first kappa shape index (κ1) is 9.73. The first-order valence-electron chi connectivity index (χ1n) is 4.26. The van der Waals surface area contributed by atoms with Crippen LogP contribution in [0.2, 0.25) is 0 Å². The maximum atomic E-state index is 10.7. The lowest BCUT2D eigenvalue weighted by Crippen LogP contribution is -1.87. The highest BCUT2D eigenvalue weighted by Gasteiger charge is 2.17. The SMILES string of the molecule is O=[N+]([O-])c1cn(Cl)cc1-c1ccccc1. The van der Waals surface area contributed by atoms with Gasteiger partial charge in [0.25, 0.3) is 5.69 Å². The van der Waals surface area contributed by atoms with Gasteiger partial charge in [-0.3, -0.25) is 14.2 Å². The zero-order chi connectivity index (χ0) is 10.8. The van der Waals surface area contributed by atoms with E-state index >= 15 is 0 Å². The maximum Gasteiger partial charge on any atom is 0.296 e. The fourth-order valence-corrected chi connectivity index (χ4v) is 1.59. The van der Waals surface area contributed by atoms with Gasteiger partial charge in [-0.25, -0.2) is 0 Å². The maximum absolute atomic E-state index is 10.7. The molecule has 76 valence electrons. The van der Waals surface area contributed by atoms with Crippen LogP contribution in [0.15, 0.2) is 42.7 Å². The molecule has 2 rings (SSSR count). The van der Waals surface area contributed by atoms with Gasteiger partial charge in [0.05, 0.1) is 16.7 Å². The Hall–Kier alpha value is -1.81. The summed E-state index contributed by atoms with van der Waals surface area (Å²) in [6.45, 7) is 0. The van der Waals surface area contributed by atoms with E-state index in [2.05, 4.69) is 0 Å². The minimum Gasteiger partial charge on any atom is -0.260 e. The van der Waals surface area contributed by atoms with Crippen LogP contribution >= 0.6 is 11.8 Å². The van der Waals surface area contributed by atoms with Crippen molar-refractivity contribution in [2.45, 2.75) is 0 Å². The first-order valence-corrected chi connectivity index (χ1v) is 4.60. The second-order valence-corrected chi connectivity index (χ2v) is 3.41. The molecular formula is C10H7ClN2O2. The summed E-state index contributed by atoms with van der Waals surface area (Å²) in [6.07, 6.45) is 2.80. The third-order valence-electron chi connectivity index (χ3n) is 2.06. The summed E-state index contributed by atoms with van der Waals surface area (Å²) in [5, 5.41) is 10.7. The first-order chi connectivity index (χ1) is 7.18. The van der Waals surface area contributed by atoms with Crippen LogP contribution in [0.5, 0.6) is 0 Å². The van der Waals surface area contributed by atoms with Crippen LogP contribution in [0.25, 0.3) is 11.1 Å². The standard InChI is InChI=1S/C10H7ClN2O2/c11-12-6-9(10(7-12)13(14)15)8-4-2-1-3-5-8/h1-7H. The number of rotatable bonds is 2. The van der Waals surface area contributed by atoms with E-state index in [4.69, 9.17) is 11.8 Å². The summed E-state index contributed by atoms with van der Waals surface area (Å²) in [7, 11) is 0. The van der Waals surface area contributed by atoms with Gasteiger partial charge < -0.3 is 0 Å². The van der Waals surface area contributed by atoms with Crippen LogP contribution in [0.4, 0.5) is 5.69 Å². The molecule has 0 N–H and O–H groups in total. The van der Waals surface area contributed by atoms with E-state index < -0.39 is 4.92 Å². The second-order valence-electron chi connectivity index (χ2n) is 3.02. The van der Waals surface area contributed by atoms with Crippen LogP contribution in [0.3, 0.4) is 0 Å². The van der Waals surface area contributed by atoms with E-state index in [1.807, 2.05) is 18.2 Å². The van der Waals surface area contributed by atoms with Gasteiger partial charge in [0.1, 0.15) is 0 Å². The van der Waals surface area contributed by atoms with Crippen LogP contribution < -0.4 is 0 Å². The van der Waals surface area contributed by atoms with Crippen molar-refractivity contribution in [2.24, 2.45) is 0 Å². The zero-order valence-electron chi connectivity index (χ0n) is 7.63. The third kappa shape index (κ3) is 1.85. The van der Waals surface area contributed by atoms with Crippen molar-refractivity contribution in [3.63, 3.8) is 0 Å². The molecule has 15 heavy (non-hydrogen) atoms. The molecule has 1 aromatic carbocycles. The molecule has 0 saturated heterocycles. The Kier molecular flexibility index (Phi) is 2.43. The molecule has 0 atom stereocenters. The molecule has 0 unspecified atom stereocenters. The van der Waals surface area contributed by atoms with Crippen LogP contribution in [0, 0.1) is 10.1 Å². The van der Waals surface area contributed by atoms with Crippen LogP contribution in [-0.4, -0.2) is 9.01 Å². The van der Waals surface area contributed by atoms with Gasteiger partial charge in [0, 0.05) is 18.0 Å². The molecule has 0 aliphatic heterocycles. The number of aromatic nitrogens is 1. The molecule has 1 heterocycles. The number of nitrogens with zero attached hydrogens (tertiary/aromatic N) is 2. The smallest absolute Gasteiger partial charge is 0.260 e. The third-order valence-corrected chi connectivity index (χ3v) is 2.25. The normalized spacial score (nSPS) is 10.2. The minimum absolute atomic E-state index is 0.0104. The molecule has 4 nitrogen and oxygen atoms in total. The van der Waals surface area contributed by atoms with Gasteiger partial charge in [-0.1, -0.05) is 30.3 Å². The summed E-state index contributed by atoms with van der Waals surface area (Å²) in [5.41, 5.74) is 1.32. The molecule has 0 fully saturated rings. The van der Waals surface area contributed by atoms with E-state index in [0.717, 1.165) is 5.56 Å². The molecule has 5 heteroatoms. The number of nitro groups is 1. The van der Waals surface area contributed by atoms with Crippen molar-refractivity contribution in [1.29, 1.82) is 0 Å². The largest absolute Gasteiger partial charge is 0.296 e. The van der Waals surface area contributed by atoms with Gasteiger partial charge in [0.15, 0.2) is 0 Å². The minimum atomic E-state index is -0.443. The Balaban J connectivity index is 2.58. The number of hydrogen-bond donors (Lipinski definition) is 0. The Labute approximate surface area is 91.0 Å². The summed E-state index contributed by atoms with van der Waals surface area (Å²) < 4.78 is 1.17. The highest BCUT2D eigenvalue weighted by Crippen LogP contribution is 2.30. The van der Waals surface area contributed by atoms with Crippen molar-refractivity contribution in [3.05, 3.63) is 52.8 Å². The van der Waals surface area contributed by atoms with Gasteiger partial charge in [0.2, 0.25) is 0 Å². The van der Waals surface area contributed by atoms with Crippen molar-refractivity contribution in [3.8, 4) is 11.1 Å². The molecule has 0 spiro atoms. The summed E-state index contributed by atoms with van der Waals surface area (Å²) in [6, 6.07) is 9.11. The van der Waals surface area contributed by atoms with Crippen LogP contribution in [0.1, 0.15) is 0 Å². The molecule has 2 aromatic rings. The van der Waals surface area contributed by atoms with Crippen molar-refractivity contribution >= 4 is 17.5 Å². The van der Waals surface area contributed by atoms with Gasteiger partial charge >= 0.3 is 0 Å². The molecule has 0 aliphatic rings. The average Bonchev–Trinajstić information content (AvgIpc) is 2.62. The predicted octanol–water partition coefficient (Wildman–Crippen LogP) is 3.07. The van der Waals surface area contributed by atoms with Crippen molar-refractivity contribution in [1.82, 2.24) is 4.09 Å². The zero-order valence-corrected chi connectivity index (χ0v) is 8.39. The second kappa shape index (κ2) is 3.74. The summed E-state index contributed by atoms with van der Waals surface area (Å²) in [5.74, 6) is 0. The Morgan fingerprint density at radius 3 is 2.47 bits per heavy atom. The van der Waals surface area contributed by atoms with Crippen molar-refractivity contribution in [2.75, 3.05) is 0 Å². The Bertz CT molecular complexity index is 493. The number of hydrogen-bond acceptors (Lipinski definition) is 2. The molecule has 0 radical (unpaired) electrons. The molecule has 0 bridgehead atoms. The lowest BCUT2D eigenvalue weighted by molar-refractivity contribution is -0.384. The quantitative estimate of drug-likeness (QED) is 0.579. The highest BCUT2D eigenvalue weighted by molar-refractivity contribution is 6.16. The van der Waals surface area contributed by atoms with E-state index in [9.17, 15) is 10.1 Å². The van der Waals surface area contributed by atoms with E-state index in [1.54, 1.807) is 12.1 Å². The topological polar surface area (TPSA) is 48.1 Å². The summed E-state index contributed by atoms with van der Waals surface area (Å²) in [4.78, 5) is 10.3. The summed E-state index contributed by atoms with van der Waals surface area (Å²) >= 11 is 5.67. The average molecular weight is 223 g/mol. The van der Waals surface area contributed by atoms with Crippen molar-refractivity contribution < 1.29 is 4.92 Å². The van der Waals surface area contributed by atoms with Gasteiger partial charge in [-0.15, -0.1) is 0 Å². The monoisotopic (exact) mass is 222 g/mol. The fourth-order valence-electron chi connectivity index (χ4n) is 1.40. The highest BCUT2D eigenvalue weighted by atomic mass is 35.5. The molecule has 0 saturated carbocycles. The molecular weight excluding hydrogens is 216 g/mol. The van der Waals surface area contributed by atoms with Gasteiger partial charge in [-0.05, 0) is 5.56 Å². The van der Waals surface area contributed by atoms with E-state index in [-0.39, 0.29) is 5.69 Å². The predicted molar refractivity (Wildman–Crippen MR) is 57.8 cm³/mol. The molecule has 1 aromatic heterocycles. The Morgan fingerprint density at radius 1 is 1.20 bits per heavy atom. The van der Waals surface area contributed by atoms with E-state index in [1.165, 1.54) is 16.5 Å². The molecule has 0 aliphatic carbocycles. The Morgan fingerprint density at radius 2 is 1.87 bits per heavy atom.